The summed E-state index contributed by atoms with van der Waals surface area (Å²) in [6.45, 7) is 5.18. The van der Waals surface area contributed by atoms with E-state index in [4.69, 9.17) is 9.47 Å². The lowest BCUT2D eigenvalue weighted by molar-refractivity contribution is -0.132. The molecule has 0 saturated carbocycles. The van der Waals surface area contributed by atoms with E-state index in [9.17, 15) is 19.5 Å². The van der Waals surface area contributed by atoms with E-state index in [0.29, 0.717) is 22.6 Å². The molecular formula is C28H27N3O6S. The minimum absolute atomic E-state index is 0.0226. The summed E-state index contributed by atoms with van der Waals surface area (Å²) in [7, 11) is 5.29. The van der Waals surface area contributed by atoms with Gasteiger partial charge in [0.1, 0.15) is 23.0 Å². The van der Waals surface area contributed by atoms with E-state index in [-0.39, 0.29) is 27.9 Å². The van der Waals surface area contributed by atoms with Crippen LogP contribution >= 0.6 is 11.3 Å². The molecule has 1 unspecified atom stereocenters. The highest BCUT2D eigenvalue weighted by Crippen LogP contribution is 2.44. The lowest BCUT2D eigenvalue weighted by Crippen LogP contribution is -2.29. The van der Waals surface area contributed by atoms with Crippen molar-refractivity contribution in [2.75, 3.05) is 37.6 Å². The Kier molecular flexibility index (Phi) is 7.63. The predicted octanol–water partition coefficient (Wildman–Crippen LogP) is 4.50. The summed E-state index contributed by atoms with van der Waals surface area (Å²) in [6.07, 6.45) is 1.45. The molecule has 1 aliphatic rings. The van der Waals surface area contributed by atoms with E-state index >= 15 is 0 Å². The molecule has 1 fully saturated rings. The van der Waals surface area contributed by atoms with E-state index < -0.39 is 23.7 Å². The fourth-order valence-corrected chi connectivity index (χ4v) is 5.09. The Morgan fingerprint density at radius 1 is 1.21 bits per heavy atom. The first-order valence-electron chi connectivity index (χ1n) is 11.7. The number of esters is 1. The van der Waals surface area contributed by atoms with Gasteiger partial charge in [-0.15, -0.1) is 0 Å². The molecule has 196 valence electrons. The van der Waals surface area contributed by atoms with Crippen molar-refractivity contribution in [1.29, 1.82) is 0 Å². The summed E-state index contributed by atoms with van der Waals surface area (Å²) in [6, 6.07) is 12.9. The van der Waals surface area contributed by atoms with Crippen molar-refractivity contribution in [2.45, 2.75) is 13.0 Å². The fourth-order valence-electron chi connectivity index (χ4n) is 4.10. The molecule has 38 heavy (non-hydrogen) atoms. The standard InChI is InChI=1S/C28H27N3O6S/c1-6-14-37-27(35)25-16(2)29-28(38-25)31-22(17-10-12-19(13-11-17)30(3)4)21(24(33)26(31)34)23(32)18-8-7-9-20(15-18)36-5/h6-13,15,22,32H,1,14H2,2-5H3/b23-21+. The van der Waals surface area contributed by atoms with E-state index in [1.165, 1.54) is 18.1 Å². The molecule has 3 aromatic rings. The number of ketones is 1. The Morgan fingerprint density at radius 2 is 1.92 bits per heavy atom. The van der Waals surface area contributed by atoms with Crippen molar-refractivity contribution < 1.29 is 29.0 Å². The van der Waals surface area contributed by atoms with Crippen LogP contribution in [0.5, 0.6) is 5.75 Å². The van der Waals surface area contributed by atoms with E-state index in [1.807, 2.05) is 31.1 Å². The zero-order chi connectivity index (χ0) is 27.6. The average molecular weight is 534 g/mol. The van der Waals surface area contributed by atoms with E-state index in [0.717, 1.165) is 17.0 Å². The van der Waals surface area contributed by atoms with Crippen molar-refractivity contribution in [2.24, 2.45) is 0 Å². The van der Waals surface area contributed by atoms with Gasteiger partial charge in [-0.05, 0) is 36.8 Å². The second-order valence-corrected chi connectivity index (χ2v) is 9.66. The number of carbonyl (C=O) groups is 3. The third-order valence-electron chi connectivity index (χ3n) is 6.02. The number of aliphatic hydroxyl groups is 1. The average Bonchev–Trinajstić information content (AvgIpc) is 3.43. The number of benzene rings is 2. The summed E-state index contributed by atoms with van der Waals surface area (Å²) in [5.74, 6) is -2.20. The normalized spacial score (nSPS) is 16.4. The molecular weight excluding hydrogens is 506 g/mol. The minimum Gasteiger partial charge on any atom is -0.507 e. The van der Waals surface area contributed by atoms with Gasteiger partial charge in [0.05, 0.1) is 24.4 Å². The maximum absolute atomic E-state index is 13.4. The molecule has 2 heterocycles. The molecule has 1 amide bonds. The number of amides is 1. The van der Waals surface area contributed by atoms with Crippen molar-refractivity contribution in [1.82, 2.24) is 4.98 Å². The van der Waals surface area contributed by atoms with Crippen LogP contribution in [0.3, 0.4) is 0 Å². The second kappa shape index (κ2) is 10.9. The molecule has 10 heteroatoms. The third-order valence-corrected chi connectivity index (χ3v) is 7.16. The molecule has 2 aromatic carbocycles. The van der Waals surface area contributed by atoms with Crippen LogP contribution in [0, 0.1) is 6.92 Å². The quantitative estimate of drug-likeness (QED) is 0.148. The van der Waals surface area contributed by atoms with Gasteiger partial charge in [-0.25, -0.2) is 9.78 Å². The SMILES string of the molecule is C=CCOC(=O)c1sc(N2C(=O)C(=O)/C(=C(/O)c3cccc(OC)c3)C2c2ccc(N(C)C)cc2)nc1C. The first-order chi connectivity index (χ1) is 18.2. The largest absolute Gasteiger partial charge is 0.507 e. The van der Waals surface area contributed by atoms with Gasteiger partial charge in [0.2, 0.25) is 0 Å². The van der Waals surface area contributed by atoms with E-state index in [1.54, 1.807) is 43.3 Å². The van der Waals surface area contributed by atoms with Gasteiger partial charge in [0.15, 0.2) is 5.13 Å². The molecule has 4 rings (SSSR count). The molecule has 9 nitrogen and oxygen atoms in total. The zero-order valence-corrected chi connectivity index (χ0v) is 22.2. The maximum atomic E-state index is 13.4. The van der Waals surface area contributed by atoms with Crippen LogP contribution in [0.25, 0.3) is 5.76 Å². The lowest BCUT2D eigenvalue weighted by Gasteiger charge is -2.23. The number of rotatable bonds is 8. The van der Waals surface area contributed by atoms with Crippen LogP contribution in [0.2, 0.25) is 0 Å². The Morgan fingerprint density at radius 3 is 2.55 bits per heavy atom. The monoisotopic (exact) mass is 533 g/mol. The number of hydrogen-bond acceptors (Lipinski definition) is 9. The first-order valence-corrected chi connectivity index (χ1v) is 12.5. The number of carbonyl (C=O) groups excluding carboxylic acids is 3. The van der Waals surface area contributed by atoms with Crippen LogP contribution in [0.4, 0.5) is 10.8 Å². The number of nitrogens with zero attached hydrogens (tertiary/aromatic N) is 3. The van der Waals surface area contributed by atoms with Crippen molar-refractivity contribution in [3.63, 3.8) is 0 Å². The van der Waals surface area contributed by atoms with Gasteiger partial charge in [-0.3, -0.25) is 14.5 Å². The highest BCUT2D eigenvalue weighted by Gasteiger charge is 2.48. The smallest absolute Gasteiger partial charge is 0.350 e. The molecule has 1 N–H and O–H groups in total. The van der Waals surface area contributed by atoms with Crippen LogP contribution in [0.1, 0.15) is 32.5 Å². The molecule has 1 aliphatic heterocycles. The number of Topliss-reactive ketones (excluding diaryl/α,β-unsaturated/α-hetero) is 1. The van der Waals surface area contributed by atoms with Gasteiger partial charge in [-0.2, -0.15) is 0 Å². The molecule has 1 aromatic heterocycles. The fraction of sp³-hybridized carbons (Fsp3) is 0.214. The van der Waals surface area contributed by atoms with Crippen molar-refractivity contribution in [3.05, 3.63) is 88.5 Å². The Hall–Kier alpha value is -4.44. The first kappa shape index (κ1) is 26.6. The summed E-state index contributed by atoms with van der Waals surface area (Å²) in [5.41, 5.74) is 2.08. The lowest BCUT2D eigenvalue weighted by atomic mass is 9.95. The third kappa shape index (κ3) is 4.90. The maximum Gasteiger partial charge on any atom is 0.350 e. The highest BCUT2D eigenvalue weighted by molar-refractivity contribution is 7.17. The number of thiazole rings is 1. The summed E-state index contributed by atoms with van der Waals surface area (Å²) < 4.78 is 10.4. The summed E-state index contributed by atoms with van der Waals surface area (Å²) in [5, 5.41) is 11.5. The number of methoxy groups -OCH3 is 1. The molecule has 1 atom stereocenters. The molecule has 0 radical (unpaired) electrons. The van der Waals surface area contributed by atoms with Gasteiger partial charge in [0.25, 0.3) is 5.78 Å². The topological polar surface area (TPSA) is 109 Å². The van der Waals surface area contributed by atoms with Crippen LogP contribution < -0.4 is 14.5 Å². The Labute approximate surface area is 224 Å². The second-order valence-electron chi connectivity index (χ2n) is 8.69. The van der Waals surface area contributed by atoms with E-state index in [2.05, 4.69) is 11.6 Å². The Bertz CT molecular complexity index is 1440. The van der Waals surface area contributed by atoms with Crippen LogP contribution in [-0.2, 0) is 14.3 Å². The van der Waals surface area contributed by atoms with Crippen molar-refractivity contribution >= 4 is 45.6 Å². The predicted molar refractivity (Wildman–Crippen MR) is 146 cm³/mol. The molecule has 0 bridgehead atoms. The number of ether oxygens (including phenoxy) is 2. The minimum atomic E-state index is -0.986. The number of hydrogen-bond donors (Lipinski definition) is 1. The van der Waals surface area contributed by atoms with Crippen LogP contribution in [-0.4, -0.2) is 55.6 Å². The number of aliphatic hydroxyl groups excluding tert-OH is 1. The number of aromatic nitrogens is 1. The van der Waals surface area contributed by atoms with Gasteiger partial charge >= 0.3 is 11.9 Å². The molecule has 0 aliphatic carbocycles. The van der Waals surface area contributed by atoms with Gasteiger partial charge in [-0.1, -0.05) is 48.3 Å². The molecule has 0 spiro atoms. The van der Waals surface area contributed by atoms with Crippen molar-refractivity contribution in [3.8, 4) is 5.75 Å². The van der Waals surface area contributed by atoms with Crippen LogP contribution in [0.15, 0.2) is 66.8 Å². The number of aryl methyl sites for hydroxylation is 1. The van der Waals surface area contributed by atoms with Gasteiger partial charge in [0, 0.05) is 25.3 Å². The summed E-state index contributed by atoms with van der Waals surface area (Å²) >= 11 is 0.944. The summed E-state index contributed by atoms with van der Waals surface area (Å²) in [4.78, 5) is 47.2. The Balaban J connectivity index is 1.89. The zero-order valence-electron chi connectivity index (χ0n) is 21.4. The molecule has 1 saturated heterocycles. The highest BCUT2D eigenvalue weighted by atomic mass is 32.1. The van der Waals surface area contributed by atoms with Gasteiger partial charge < -0.3 is 19.5 Å². The number of anilines is 2.